The molecule has 0 aliphatic carbocycles. The first-order chi connectivity index (χ1) is 18.2. The zero-order valence-electron chi connectivity index (χ0n) is 23.3. The molecule has 0 N–H and O–H groups in total. The van der Waals surface area contributed by atoms with Crippen LogP contribution in [0, 0.1) is 11.8 Å². The molecule has 4 rings (SSSR count). The largest absolute Gasteiger partial charge is 0.445 e. The average molecular weight is 529 g/mol. The number of likely N-dealkylation sites (tertiary alicyclic amines) is 2. The molecule has 3 heterocycles. The van der Waals surface area contributed by atoms with E-state index in [2.05, 4.69) is 4.90 Å². The van der Waals surface area contributed by atoms with E-state index in [0.29, 0.717) is 51.5 Å². The first kappa shape index (κ1) is 28.2. The number of piperidine rings is 2. The molecule has 3 aliphatic rings. The van der Waals surface area contributed by atoms with Crippen LogP contribution >= 0.6 is 0 Å². The molecular formula is C29H44N4O5. The minimum absolute atomic E-state index is 0.0000362. The van der Waals surface area contributed by atoms with E-state index < -0.39 is 5.60 Å². The maximum atomic E-state index is 13.1. The number of hydrogen-bond acceptors (Lipinski definition) is 6. The van der Waals surface area contributed by atoms with Gasteiger partial charge in [0.25, 0.3) is 0 Å². The number of benzene rings is 1. The van der Waals surface area contributed by atoms with Gasteiger partial charge in [-0.15, -0.1) is 0 Å². The van der Waals surface area contributed by atoms with E-state index in [0.717, 1.165) is 51.1 Å². The van der Waals surface area contributed by atoms with Crippen LogP contribution in [-0.2, 0) is 20.9 Å². The predicted octanol–water partition coefficient (Wildman–Crippen LogP) is 3.83. The van der Waals surface area contributed by atoms with Crippen LogP contribution in [0.3, 0.4) is 0 Å². The molecule has 3 fully saturated rings. The van der Waals surface area contributed by atoms with E-state index in [1.54, 1.807) is 9.80 Å². The van der Waals surface area contributed by atoms with E-state index in [-0.39, 0.29) is 24.0 Å². The summed E-state index contributed by atoms with van der Waals surface area (Å²) in [5.74, 6) is 0.819. The minimum atomic E-state index is -0.504. The molecule has 1 aromatic rings. The maximum Gasteiger partial charge on any atom is 0.410 e. The summed E-state index contributed by atoms with van der Waals surface area (Å²) in [6.07, 6.45) is 2.92. The molecule has 0 unspecified atom stereocenters. The standard InChI is InChI=1S/C29H44N4O5/c1-29(2,3)38-28(36)32-15-11-25(12-16-32)26(34)31-13-9-23(10-14-31)21-30-17-19-33(20-18-30)27(35)37-22-24-7-5-4-6-8-24/h4-8,23,25H,9-22H2,1-3H3. The summed E-state index contributed by atoms with van der Waals surface area (Å²) in [4.78, 5) is 45.9. The van der Waals surface area contributed by atoms with Gasteiger partial charge in [-0.25, -0.2) is 9.59 Å². The third-order valence-electron chi connectivity index (χ3n) is 7.77. The van der Waals surface area contributed by atoms with E-state index in [1.807, 2.05) is 56.0 Å². The van der Waals surface area contributed by atoms with E-state index >= 15 is 0 Å². The second-order valence-electron chi connectivity index (χ2n) is 11.8. The van der Waals surface area contributed by atoms with Crippen molar-refractivity contribution in [1.82, 2.24) is 19.6 Å². The van der Waals surface area contributed by atoms with Gasteiger partial charge in [-0.05, 0) is 57.9 Å². The molecule has 1 aromatic carbocycles. The van der Waals surface area contributed by atoms with Gasteiger partial charge < -0.3 is 24.2 Å². The highest BCUT2D eigenvalue weighted by Crippen LogP contribution is 2.25. The molecule has 0 saturated carbocycles. The van der Waals surface area contributed by atoms with Crippen LogP contribution in [-0.4, -0.2) is 102 Å². The van der Waals surface area contributed by atoms with Crippen LogP contribution in [0.5, 0.6) is 0 Å². The van der Waals surface area contributed by atoms with Crippen molar-refractivity contribution in [3.63, 3.8) is 0 Å². The summed E-state index contributed by atoms with van der Waals surface area (Å²) in [6, 6.07) is 9.75. The zero-order chi connectivity index (χ0) is 27.1. The van der Waals surface area contributed by atoms with Crippen LogP contribution < -0.4 is 0 Å². The van der Waals surface area contributed by atoms with Crippen LogP contribution in [0.2, 0.25) is 0 Å². The Hall–Kier alpha value is -2.81. The molecule has 0 radical (unpaired) electrons. The Labute approximate surface area is 227 Å². The Balaban J connectivity index is 1.11. The first-order valence-electron chi connectivity index (χ1n) is 14.1. The van der Waals surface area contributed by atoms with Gasteiger partial charge in [0.2, 0.25) is 5.91 Å². The molecule has 210 valence electrons. The van der Waals surface area contributed by atoms with Gasteiger partial charge in [0.1, 0.15) is 12.2 Å². The van der Waals surface area contributed by atoms with Crippen molar-refractivity contribution in [3.05, 3.63) is 35.9 Å². The van der Waals surface area contributed by atoms with Crippen molar-refractivity contribution in [2.24, 2.45) is 11.8 Å². The van der Waals surface area contributed by atoms with Gasteiger partial charge in [-0.2, -0.15) is 0 Å². The normalized spacial score (nSPS) is 20.3. The number of rotatable bonds is 5. The number of piperazine rings is 1. The maximum absolute atomic E-state index is 13.1. The van der Waals surface area contributed by atoms with Gasteiger partial charge in [0.05, 0.1) is 0 Å². The van der Waals surface area contributed by atoms with Gasteiger partial charge >= 0.3 is 12.2 Å². The Morgan fingerprint density at radius 3 is 1.95 bits per heavy atom. The Morgan fingerprint density at radius 1 is 0.763 bits per heavy atom. The van der Waals surface area contributed by atoms with Crippen LogP contribution in [0.4, 0.5) is 9.59 Å². The van der Waals surface area contributed by atoms with E-state index in [4.69, 9.17) is 9.47 Å². The van der Waals surface area contributed by atoms with Crippen molar-refractivity contribution in [1.29, 1.82) is 0 Å². The first-order valence-corrected chi connectivity index (χ1v) is 14.1. The van der Waals surface area contributed by atoms with Gasteiger partial charge in [-0.3, -0.25) is 9.69 Å². The fraction of sp³-hybridized carbons (Fsp3) is 0.690. The Bertz CT molecular complexity index is 926. The van der Waals surface area contributed by atoms with Gasteiger partial charge in [0.15, 0.2) is 0 Å². The fourth-order valence-corrected chi connectivity index (χ4v) is 5.52. The molecule has 3 aliphatic heterocycles. The third kappa shape index (κ3) is 8.09. The number of carbonyl (C=O) groups excluding carboxylic acids is 3. The molecule has 9 heteroatoms. The number of carbonyl (C=O) groups is 3. The Morgan fingerprint density at radius 2 is 1.34 bits per heavy atom. The zero-order valence-corrected chi connectivity index (χ0v) is 23.3. The average Bonchev–Trinajstić information content (AvgIpc) is 2.92. The number of hydrogen-bond donors (Lipinski definition) is 0. The molecule has 9 nitrogen and oxygen atoms in total. The lowest BCUT2D eigenvalue weighted by molar-refractivity contribution is -0.138. The van der Waals surface area contributed by atoms with E-state index in [1.165, 1.54) is 0 Å². The summed E-state index contributed by atoms with van der Waals surface area (Å²) >= 11 is 0. The quantitative estimate of drug-likeness (QED) is 0.578. The molecule has 0 atom stereocenters. The second kappa shape index (κ2) is 12.8. The topological polar surface area (TPSA) is 82.6 Å². The lowest BCUT2D eigenvalue weighted by atomic mass is 9.92. The summed E-state index contributed by atoms with van der Waals surface area (Å²) in [6.45, 7) is 12.8. The highest BCUT2D eigenvalue weighted by molar-refractivity contribution is 5.79. The number of amides is 3. The van der Waals surface area contributed by atoms with Crippen molar-refractivity contribution >= 4 is 18.1 Å². The monoisotopic (exact) mass is 528 g/mol. The number of ether oxygens (including phenoxy) is 2. The van der Waals surface area contributed by atoms with E-state index in [9.17, 15) is 14.4 Å². The predicted molar refractivity (Wildman–Crippen MR) is 144 cm³/mol. The smallest absolute Gasteiger partial charge is 0.410 e. The second-order valence-corrected chi connectivity index (χ2v) is 11.8. The van der Waals surface area contributed by atoms with Crippen molar-refractivity contribution in [2.75, 3.05) is 58.9 Å². The Kier molecular flexibility index (Phi) is 9.52. The lowest BCUT2D eigenvalue weighted by Crippen LogP contribution is -2.51. The summed E-state index contributed by atoms with van der Waals surface area (Å²) < 4.78 is 10.9. The van der Waals surface area contributed by atoms with Crippen LogP contribution in [0.25, 0.3) is 0 Å². The molecule has 0 spiro atoms. The molecule has 38 heavy (non-hydrogen) atoms. The molecule has 0 bridgehead atoms. The molecule has 0 aromatic heterocycles. The molecule has 3 amide bonds. The van der Waals surface area contributed by atoms with Crippen LogP contribution in [0.1, 0.15) is 52.0 Å². The van der Waals surface area contributed by atoms with Crippen molar-refractivity contribution in [2.45, 2.75) is 58.7 Å². The minimum Gasteiger partial charge on any atom is -0.445 e. The van der Waals surface area contributed by atoms with Crippen molar-refractivity contribution in [3.8, 4) is 0 Å². The van der Waals surface area contributed by atoms with Crippen LogP contribution in [0.15, 0.2) is 30.3 Å². The SMILES string of the molecule is CC(C)(C)OC(=O)N1CCC(C(=O)N2CCC(CN3CCN(C(=O)OCc4ccccc4)CC3)CC2)CC1. The molecular weight excluding hydrogens is 484 g/mol. The lowest BCUT2D eigenvalue weighted by Gasteiger charge is -2.40. The third-order valence-corrected chi connectivity index (χ3v) is 7.77. The fourth-order valence-electron chi connectivity index (χ4n) is 5.52. The highest BCUT2D eigenvalue weighted by atomic mass is 16.6. The summed E-state index contributed by atoms with van der Waals surface area (Å²) in [7, 11) is 0. The van der Waals surface area contributed by atoms with Gasteiger partial charge in [0, 0.05) is 64.8 Å². The van der Waals surface area contributed by atoms with Gasteiger partial charge in [-0.1, -0.05) is 30.3 Å². The summed E-state index contributed by atoms with van der Waals surface area (Å²) in [5, 5.41) is 0. The number of nitrogens with zero attached hydrogens (tertiary/aromatic N) is 4. The molecule has 3 saturated heterocycles. The summed E-state index contributed by atoms with van der Waals surface area (Å²) in [5.41, 5.74) is 0.492. The van der Waals surface area contributed by atoms with Crippen molar-refractivity contribution < 1.29 is 23.9 Å². The highest BCUT2D eigenvalue weighted by Gasteiger charge is 2.34.